The second-order valence-electron chi connectivity index (χ2n) is 4.25. The van der Waals surface area contributed by atoms with Crippen molar-refractivity contribution in [3.8, 4) is 17.1 Å². The van der Waals surface area contributed by atoms with Crippen LogP contribution in [-0.4, -0.2) is 11.8 Å². The first kappa shape index (κ1) is 12.5. The first-order valence-electron chi connectivity index (χ1n) is 6.17. The average Bonchev–Trinajstić information content (AvgIpc) is 2.72. The van der Waals surface area contributed by atoms with Crippen LogP contribution in [0.4, 0.5) is 5.82 Å². The Morgan fingerprint density at radius 3 is 2.56 bits per heavy atom. The number of nitrogens with zero attached hydrogens (tertiary/aromatic N) is 1. The summed E-state index contributed by atoms with van der Waals surface area (Å²) in [7, 11) is 0. The summed E-state index contributed by atoms with van der Waals surface area (Å²) >= 11 is 0. The highest BCUT2D eigenvalue weighted by Gasteiger charge is 2.11. The predicted molar refractivity (Wildman–Crippen MR) is 71.5 cm³/mol. The number of hydrogen-bond donors (Lipinski definition) is 1. The summed E-state index contributed by atoms with van der Waals surface area (Å²) < 4.78 is 10.8. The molecule has 0 aliphatic heterocycles. The summed E-state index contributed by atoms with van der Waals surface area (Å²) in [5.41, 5.74) is 7.49. The summed E-state index contributed by atoms with van der Waals surface area (Å²) in [4.78, 5) is 0. The maximum Gasteiger partial charge on any atom is 0.171 e. The molecule has 2 N–H and O–H groups in total. The third-order valence-electron chi connectivity index (χ3n) is 2.84. The first-order valence-corrected chi connectivity index (χ1v) is 6.17. The summed E-state index contributed by atoms with van der Waals surface area (Å²) in [5, 5.41) is 3.75. The van der Waals surface area contributed by atoms with Gasteiger partial charge in [0.15, 0.2) is 11.6 Å². The van der Waals surface area contributed by atoms with Gasteiger partial charge in [-0.05, 0) is 37.6 Å². The number of unbranched alkanes of at least 4 members (excludes halogenated alkanes) is 1. The monoisotopic (exact) mass is 246 g/mol. The SMILES string of the molecule is CCCCOc1ccc(-c2onc(N)c2C)cc1. The van der Waals surface area contributed by atoms with Crippen LogP contribution in [0.15, 0.2) is 28.8 Å². The summed E-state index contributed by atoms with van der Waals surface area (Å²) in [6.45, 7) is 4.79. The van der Waals surface area contributed by atoms with Gasteiger partial charge in [-0.25, -0.2) is 0 Å². The lowest BCUT2D eigenvalue weighted by molar-refractivity contribution is 0.309. The number of aromatic nitrogens is 1. The molecular formula is C14H18N2O2. The molecule has 1 aromatic heterocycles. The predicted octanol–water partition coefficient (Wildman–Crippen LogP) is 3.41. The van der Waals surface area contributed by atoms with Gasteiger partial charge in [0, 0.05) is 11.1 Å². The van der Waals surface area contributed by atoms with E-state index in [-0.39, 0.29) is 0 Å². The highest BCUT2D eigenvalue weighted by molar-refractivity contribution is 5.65. The minimum Gasteiger partial charge on any atom is -0.494 e. The van der Waals surface area contributed by atoms with Crippen molar-refractivity contribution in [2.75, 3.05) is 12.3 Å². The quantitative estimate of drug-likeness (QED) is 0.821. The van der Waals surface area contributed by atoms with Crippen molar-refractivity contribution < 1.29 is 9.26 Å². The molecule has 0 fully saturated rings. The van der Waals surface area contributed by atoms with Crippen LogP contribution >= 0.6 is 0 Å². The Kier molecular flexibility index (Phi) is 3.87. The number of ether oxygens (including phenoxy) is 1. The lowest BCUT2D eigenvalue weighted by Crippen LogP contribution is -1.95. The van der Waals surface area contributed by atoms with Gasteiger partial charge in [-0.2, -0.15) is 0 Å². The van der Waals surface area contributed by atoms with E-state index in [0.717, 1.165) is 36.3 Å². The lowest BCUT2D eigenvalue weighted by atomic mass is 10.1. The Bertz CT molecular complexity index is 503. The van der Waals surface area contributed by atoms with Gasteiger partial charge >= 0.3 is 0 Å². The van der Waals surface area contributed by atoms with Crippen LogP contribution < -0.4 is 10.5 Å². The zero-order valence-corrected chi connectivity index (χ0v) is 10.8. The van der Waals surface area contributed by atoms with E-state index in [2.05, 4.69) is 12.1 Å². The third-order valence-corrected chi connectivity index (χ3v) is 2.84. The number of nitrogens with two attached hydrogens (primary N) is 1. The molecule has 2 rings (SSSR count). The van der Waals surface area contributed by atoms with E-state index < -0.39 is 0 Å². The maximum absolute atomic E-state index is 5.66. The van der Waals surface area contributed by atoms with Crippen molar-refractivity contribution in [2.24, 2.45) is 0 Å². The van der Waals surface area contributed by atoms with Gasteiger partial charge in [0.25, 0.3) is 0 Å². The van der Waals surface area contributed by atoms with Crippen LogP contribution in [0, 0.1) is 6.92 Å². The van der Waals surface area contributed by atoms with Crippen molar-refractivity contribution in [1.82, 2.24) is 5.16 Å². The Morgan fingerprint density at radius 2 is 2.00 bits per heavy atom. The van der Waals surface area contributed by atoms with Gasteiger partial charge in [0.2, 0.25) is 0 Å². The van der Waals surface area contributed by atoms with Crippen molar-refractivity contribution in [1.29, 1.82) is 0 Å². The highest BCUT2D eigenvalue weighted by Crippen LogP contribution is 2.28. The second kappa shape index (κ2) is 5.58. The minimum absolute atomic E-state index is 0.438. The Balaban J connectivity index is 2.10. The molecule has 0 saturated carbocycles. The van der Waals surface area contributed by atoms with E-state index in [4.69, 9.17) is 15.0 Å². The standard InChI is InChI=1S/C14H18N2O2/c1-3-4-9-17-12-7-5-11(6-8-12)13-10(2)14(15)16-18-13/h5-8H,3-4,9H2,1-2H3,(H2,15,16). The number of hydrogen-bond acceptors (Lipinski definition) is 4. The normalized spacial score (nSPS) is 10.6. The topological polar surface area (TPSA) is 61.3 Å². The fourth-order valence-electron chi connectivity index (χ4n) is 1.65. The van der Waals surface area contributed by atoms with Crippen molar-refractivity contribution in [3.63, 3.8) is 0 Å². The molecule has 4 heteroatoms. The molecule has 0 bridgehead atoms. The second-order valence-corrected chi connectivity index (χ2v) is 4.25. The molecule has 0 saturated heterocycles. The zero-order chi connectivity index (χ0) is 13.0. The van der Waals surface area contributed by atoms with Crippen LogP contribution in [0.25, 0.3) is 11.3 Å². The minimum atomic E-state index is 0.438. The average molecular weight is 246 g/mol. The molecule has 18 heavy (non-hydrogen) atoms. The van der Waals surface area contributed by atoms with Crippen molar-refractivity contribution >= 4 is 5.82 Å². The van der Waals surface area contributed by atoms with Gasteiger partial charge in [-0.1, -0.05) is 18.5 Å². The number of nitrogen functional groups attached to an aromatic ring is 1. The van der Waals surface area contributed by atoms with Gasteiger partial charge in [-0.15, -0.1) is 0 Å². The molecule has 96 valence electrons. The fourth-order valence-corrected chi connectivity index (χ4v) is 1.65. The molecule has 0 radical (unpaired) electrons. The number of benzene rings is 1. The molecule has 1 aromatic carbocycles. The molecule has 0 spiro atoms. The number of anilines is 1. The van der Waals surface area contributed by atoms with E-state index in [1.165, 1.54) is 0 Å². The largest absolute Gasteiger partial charge is 0.494 e. The maximum atomic E-state index is 5.66. The molecule has 2 aromatic rings. The van der Waals surface area contributed by atoms with Crippen LogP contribution in [0.3, 0.4) is 0 Å². The summed E-state index contributed by atoms with van der Waals surface area (Å²) in [6, 6.07) is 7.77. The number of rotatable bonds is 5. The lowest BCUT2D eigenvalue weighted by Gasteiger charge is -2.05. The molecule has 0 amide bonds. The highest BCUT2D eigenvalue weighted by atomic mass is 16.5. The van der Waals surface area contributed by atoms with Gasteiger partial charge in [0.1, 0.15) is 5.75 Å². The molecule has 0 aliphatic carbocycles. The van der Waals surface area contributed by atoms with Crippen LogP contribution in [0.5, 0.6) is 5.75 Å². The molecular weight excluding hydrogens is 228 g/mol. The third kappa shape index (κ3) is 2.64. The van der Waals surface area contributed by atoms with Crippen molar-refractivity contribution in [3.05, 3.63) is 29.8 Å². The smallest absolute Gasteiger partial charge is 0.171 e. The molecule has 0 atom stereocenters. The molecule has 4 nitrogen and oxygen atoms in total. The summed E-state index contributed by atoms with van der Waals surface area (Å²) in [6.07, 6.45) is 2.20. The van der Waals surface area contributed by atoms with E-state index in [1.807, 2.05) is 31.2 Å². The van der Waals surface area contributed by atoms with Gasteiger partial charge in [0.05, 0.1) is 6.61 Å². The Morgan fingerprint density at radius 1 is 1.28 bits per heavy atom. The van der Waals surface area contributed by atoms with Crippen LogP contribution in [-0.2, 0) is 0 Å². The fraction of sp³-hybridized carbons (Fsp3) is 0.357. The van der Waals surface area contributed by atoms with E-state index in [0.29, 0.717) is 11.6 Å². The zero-order valence-electron chi connectivity index (χ0n) is 10.8. The molecule has 1 heterocycles. The van der Waals surface area contributed by atoms with Crippen molar-refractivity contribution in [2.45, 2.75) is 26.7 Å². The van der Waals surface area contributed by atoms with E-state index in [1.54, 1.807) is 0 Å². The van der Waals surface area contributed by atoms with E-state index >= 15 is 0 Å². The molecule has 0 unspecified atom stereocenters. The van der Waals surface area contributed by atoms with E-state index in [9.17, 15) is 0 Å². The Labute approximate surface area is 107 Å². The first-order chi connectivity index (χ1) is 8.72. The van der Waals surface area contributed by atoms with Gasteiger partial charge < -0.3 is 15.0 Å². The summed E-state index contributed by atoms with van der Waals surface area (Å²) in [5.74, 6) is 2.03. The van der Waals surface area contributed by atoms with Gasteiger partial charge in [-0.3, -0.25) is 0 Å². The van der Waals surface area contributed by atoms with Crippen LogP contribution in [0.1, 0.15) is 25.3 Å². The molecule has 0 aliphatic rings. The van der Waals surface area contributed by atoms with Crippen LogP contribution in [0.2, 0.25) is 0 Å². The Hall–Kier alpha value is -1.97.